The molecule has 1 aromatic rings. The number of nitrogens with one attached hydrogen (secondary N) is 1. The Kier molecular flexibility index (Phi) is 3.04. The molecule has 0 aromatic carbocycles. The highest BCUT2D eigenvalue weighted by Gasteiger charge is 2.34. The summed E-state index contributed by atoms with van der Waals surface area (Å²) in [5.41, 5.74) is 0. The first-order valence-electron chi connectivity index (χ1n) is 7.78. The fraction of sp³-hybridized carbons (Fsp3) is 0.857. The van der Waals surface area contributed by atoms with Crippen LogP contribution in [0.3, 0.4) is 0 Å². The molecule has 1 N–H and O–H groups in total. The normalized spacial score (nSPS) is 28.3. The Morgan fingerprint density at radius 3 is 2.95 bits per heavy atom. The molecule has 0 spiro atoms. The van der Waals surface area contributed by atoms with Crippen molar-refractivity contribution in [1.29, 1.82) is 0 Å². The summed E-state index contributed by atoms with van der Waals surface area (Å²) in [4.78, 5) is 2.66. The van der Waals surface area contributed by atoms with Gasteiger partial charge < -0.3 is 9.88 Å². The molecule has 1 aliphatic carbocycles. The van der Waals surface area contributed by atoms with Crippen LogP contribution in [-0.2, 0) is 13.0 Å². The van der Waals surface area contributed by atoms with Crippen molar-refractivity contribution in [2.45, 2.75) is 44.7 Å². The van der Waals surface area contributed by atoms with Gasteiger partial charge in [-0.1, -0.05) is 0 Å². The first-order valence-corrected chi connectivity index (χ1v) is 7.78. The largest absolute Gasteiger partial charge is 0.315 e. The summed E-state index contributed by atoms with van der Waals surface area (Å²) in [5, 5.41) is 12.4. The maximum atomic E-state index is 4.54. The lowest BCUT2D eigenvalue weighted by atomic mass is 10.2. The van der Waals surface area contributed by atoms with Crippen LogP contribution in [0.1, 0.15) is 43.4 Å². The lowest BCUT2D eigenvalue weighted by Gasteiger charge is -2.24. The van der Waals surface area contributed by atoms with Crippen molar-refractivity contribution in [3.05, 3.63) is 11.6 Å². The summed E-state index contributed by atoms with van der Waals surface area (Å²) in [7, 11) is 0. The third-order valence-corrected chi connectivity index (χ3v) is 4.74. The molecule has 1 saturated carbocycles. The Morgan fingerprint density at radius 2 is 2.05 bits per heavy atom. The third kappa shape index (κ3) is 2.30. The minimum Gasteiger partial charge on any atom is -0.315 e. The van der Waals surface area contributed by atoms with Gasteiger partial charge in [0, 0.05) is 32.6 Å². The molecule has 1 aromatic heterocycles. The molecule has 4 rings (SSSR count). The number of rotatable bonds is 3. The highest BCUT2D eigenvalue weighted by Crippen LogP contribution is 2.37. The number of likely N-dealkylation sites (tertiary alicyclic amines) is 1. The molecule has 104 valence electrons. The van der Waals surface area contributed by atoms with Crippen molar-refractivity contribution in [2.75, 3.05) is 26.2 Å². The summed E-state index contributed by atoms with van der Waals surface area (Å²) in [6, 6.07) is 0.528. The molecule has 1 saturated heterocycles. The molecule has 0 unspecified atom stereocenters. The molecule has 2 aliphatic heterocycles. The molecule has 2 fully saturated rings. The molecule has 0 bridgehead atoms. The van der Waals surface area contributed by atoms with Crippen LogP contribution in [0.15, 0.2) is 0 Å². The van der Waals surface area contributed by atoms with Crippen molar-refractivity contribution in [1.82, 2.24) is 25.0 Å². The van der Waals surface area contributed by atoms with Crippen LogP contribution in [0.5, 0.6) is 0 Å². The summed E-state index contributed by atoms with van der Waals surface area (Å²) in [5.74, 6) is 3.38. The van der Waals surface area contributed by atoms with Crippen LogP contribution in [0.25, 0.3) is 0 Å². The van der Waals surface area contributed by atoms with Gasteiger partial charge in [0.25, 0.3) is 0 Å². The first-order chi connectivity index (χ1) is 9.42. The molecule has 3 aliphatic rings. The fourth-order valence-electron chi connectivity index (χ4n) is 3.51. The summed E-state index contributed by atoms with van der Waals surface area (Å²) in [6.45, 7) is 5.65. The minimum absolute atomic E-state index is 0.528. The summed E-state index contributed by atoms with van der Waals surface area (Å²) >= 11 is 0. The maximum Gasteiger partial charge on any atom is 0.150 e. The number of nitrogens with zero attached hydrogens (tertiary/aromatic N) is 4. The predicted octanol–water partition coefficient (Wildman–Crippen LogP) is 0.971. The fourth-order valence-corrected chi connectivity index (χ4v) is 3.51. The van der Waals surface area contributed by atoms with Crippen molar-refractivity contribution < 1.29 is 0 Å². The van der Waals surface area contributed by atoms with E-state index >= 15 is 0 Å². The quantitative estimate of drug-likeness (QED) is 0.881. The van der Waals surface area contributed by atoms with Crippen molar-refractivity contribution in [2.24, 2.45) is 5.92 Å². The van der Waals surface area contributed by atoms with Crippen LogP contribution in [0.2, 0.25) is 0 Å². The van der Waals surface area contributed by atoms with E-state index in [1.54, 1.807) is 0 Å². The van der Waals surface area contributed by atoms with E-state index in [9.17, 15) is 0 Å². The van der Waals surface area contributed by atoms with Gasteiger partial charge in [-0.05, 0) is 38.1 Å². The van der Waals surface area contributed by atoms with E-state index in [1.165, 1.54) is 50.4 Å². The van der Waals surface area contributed by atoms with Crippen LogP contribution in [-0.4, -0.2) is 45.8 Å². The number of fused-ring (bicyclic) bond motifs is 1. The van der Waals surface area contributed by atoms with E-state index < -0.39 is 0 Å². The van der Waals surface area contributed by atoms with E-state index in [2.05, 4.69) is 25.0 Å². The summed E-state index contributed by atoms with van der Waals surface area (Å²) < 4.78 is 2.38. The Balaban J connectivity index is 1.58. The zero-order valence-corrected chi connectivity index (χ0v) is 11.5. The SMILES string of the molecule is C1C[C@@H](c2nnc3n2CCNCC3)N(CC2CC2)C1. The van der Waals surface area contributed by atoms with E-state index in [0.717, 1.165) is 32.0 Å². The second-order valence-electron chi connectivity index (χ2n) is 6.22. The van der Waals surface area contributed by atoms with Gasteiger partial charge in [-0.2, -0.15) is 0 Å². The molecule has 0 amide bonds. The minimum atomic E-state index is 0.528. The van der Waals surface area contributed by atoms with Crippen molar-refractivity contribution in [3.8, 4) is 0 Å². The zero-order valence-electron chi connectivity index (χ0n) is 11.5. The average Bonchev–Trinajstić information content (AvgIpc) is 3.05. The van der Waals surface area contributed by atoms with Crippen LogP contribution in [0, 0.1) is 5.92 Å². The Morgan fingerprint density at radius 1 is 1.11 bits per heavy atom. The van der Waals surface area contributed by atoms with Gasteiger partial charge in [0.1, 0.15) is 11.6 Å². The van der Waals surface area contributed by atoms with Gasteiger partial charge in [-0.15, -0.1) is 10.2 Å². The highest BCUT2D eigenvalue weighted by molar-refractivity contribution is 5.06. The number of aromatic nitrogens is 3. The molecule has 19 heavy (non-hydrogen) atoms. The van der Waals surface area contributed by atoms with E-state index in [-0.39, 0.29) is 0 Å². The van der Waals surface area contributed by atoms with Crippen molar-refractivity contribution in [3.63, 3.8) is 0 Å². The van der Waals surface area contributed by atoms with Gasteiger partial charge in [0.05, 0.1) is 6.04 Å². The van der Waals surface area contributed by atoms with Crippen LogP contribution in [0.4, 0.5) is 0 Å². The lowest BCUT2D eigenvalue weighted by Crippen LogP contribution is -2.28. The van der Waals surface area contributed by atoms with Gasteiger partial charge in [0.2, 0.25) is 0 Å². The second-order valence-corrected chi connectivity index (χ2v) is 6.22. The standard InChI is InChI=1S/C14H23N5/c1-2-12(18(8-1)10-11-3-4-11)14-17-16-13-5-6-15-7-9-19(13)14/h11-12,15H,1-10H2/t12-/m0/s1. The molecular formula is C14H23N5. The highest BCUT2D eigenvalue weighted by atomic mass is 15.3. The lowest BCUT2D eigenvalue weighted by molar-refractivity contribution is 0.233. The molecule has 1 atom stereocenters. The average molecular weight is 261 g/mol. The topological polar surface area (TPSA) is 46.0 Å². The summed E-state index contributed by atoms with van der Waals surface area (Å²) in [6.07, 6.45) is 6.47. The van der Waals surface area contributed by atoms with E-state index in [0.29, 0.717) is 6.04 Å². The molecular weight excluding hydrogens is 238 g/mol. The Labute approximate surface area is 114 Å². The van der Waals surface area contributed by atoms with Gasteiger partial charge >= 0.3 is 0 Å². The van der Waals surface area contributed by atoms with Gasteiger partial charge in [-0.3, -0.25) is 4.90 Å². The predicted molar refractivity (Wildman–Crippen MR) is 72.9 cm³/mol. The number of hydrogen-bond acceptors (Lipinski definition) is 4. The molecule has 0 radical (unpaired) electrons. The molecule has 5 heteroatoms. The zero-order chi connectivity index (χ0) is 12.7. The monoisotopic (exact) mass is 261 g/mol. The first kappa shape index (κ1) is 11.9. The van der Waals surface area contributed by atoms with Crippen LogP contribution < -0.4 is 5.32 Å². The number of hydrogen-bond donors (Lipinski definition) is 1. The van der Waals surface area contributed by atoms with Crippen LogP contribution >= 0.6 is 0 Å². The van der Waals surface area contributed by atoms with Crippen molar-refractivity contribution >= 4 is 0 Å². The van der Waals surface area contributed by atoms with E-state index in [1.807, 2.05) is 0 Å². The Hall–Kier alpha value is -0.940. The molecule has 5 nitrogen and oxygen atoms in total. The second kappa shape index (κ2) is 4.87. The van der Waals surface area contributed by atoms with Gasteiger partial charge in [-0.25, -0.2) is 0 Å². The smallest absolute Gasteiger partial charge is 0.150 e. The van der Waals surface area contributed by atoms with Gasteiger partial charge in [0.15, 0.2) is 0 Å². The Bertz CT molecular complexity index is 451. The van der Waals surface area contributed by atoms with E-state index in [4.69, 9.17) is 0 Å². The maximum absolute atomic E-state index is 4.54. The molecule has 3 heterocycles. The third-order valence-electron chi connectivity index (χ3n) is 4.74.